The van der Waals surface area contributed by atoms with Gasteiger partial charge < -0.3 is 64.9 Å². The minimum Gasteiger partial charge on any atom is -0.444 e. The van der Waals surface area contributed by atoms with Gasteiger partial charge >= 0.3 is 25.4 Å². The number of para-hydroxylation sites is 2. The van der Waals surface area contributed by atoms with Crippen molar-refractivity contribution in [2.45, 2.75) is 158 Å². The first-order valence-corrected chi connectivity index (χ1v) is 53.5. The molecule has 13 rings (SSSR count). The van der Waals surface area contributed by atoms with E-state index in [9.17, 15) is 41.1 Å². The standard InChI is InChI=1S/C32H39Cl2FN5O3P.C22H25Cl2FN4O2.C12H5Cl2FN2.C10H20N2O2.C9H13N.C6H6BFO2.C6HCl3N2.CH3Cl2OP/c1-20(2)22-12-9-11-15-27(22)37-44(7,42)38-30(40-17-16-39(19-21(40)3)31(41)43-32(4,5)6)24-18-25(33)28(36-29(24)34)23-13-8-10-14-26(23)35;1-13-12-28(21(30)31-22(2,3)4)9-10-29(13)20(26)15-11-16(23)18(27-19(15)24)14-7-5-6-8-17(14)25;1-16-10-6-8(13)11(17-12(10)14)7-4-2-3-5-9(7)15;1-8-7-12(6-5-11-8)9(13)14-10(2,3)4;1-7(2)8-5-3-4-6-9(8)10;8-6-4-2-1-3-5(6)7(9)10;1-10-4-2-3(7)5(8)11-6(4)9;1-5(2,3)4/h8-15,18,20-21H,16-17,19H2,1-7H3,(H,37,42);5-8,11,13,26H,9-10,12H2,1-4H3;2-6H;8,11H,5-7H2,1-4H3;3-7H,10H2,1-2H3;1-4,9-10H;2H;1H3/t21-,44?;13-;;8-;;;;/m00.0..../s1. The third-order valence-electron chi connectivity index (χ3n) is 19.9. The number of nitrogens with zero attached hydrogens (tertiary/aromatic N) is 12. The number of aromatic nitrogens is 4. The van der Waals surface area contributed by atoms with Crippen molar-refractivity contribution in [2.24, 2.45) is 4.76 Å². The van der Waals surface area contributed by atoms with Crippen LogP contribution in [0.1, 0.15) is 145 Å². The van der Waals surface area contributed by atoms with Crippen molar-refractivity contribution >= 4 is 205 Å². The Bertz CT molecular complexity index is 6220. The number of hydrogen-bond donors (Lipinski definition) is 6. The number of benzene rings is 6. The lowest BCUT2D eigenvalue weighted by Gasteiger charge is -2.42. The SMILES string of the molecule is CC(C)c1ccccc1N.CC(C)c1ccccc1NP(C)(=O)N=C(c1cc(Cl)c(-c2ccccc2F)nc1Cl)N1CCN(C(=O)OC(C)(C)C)C[C@@H]1C.CP(=O)(Cl)Cl.C[C@H]1CN(C(=O)OC(C)(C)C)CCN1.C[C@H]1CN(C(=O)OC(C)(C)C)CCN1C(=N)c1cc(Cl)c(-c2ccccc2F)nc1Cl.OB(O)c1ccccc1F.[C-]#[N+]c1cc(Cl)c(-c2ccccc2F)nc1Cl.[C-]#[N+]c1cc(Cl)c(Cl)nc1Cl. The van der Waals surface area contributed by atoms with E-state index < -0.39 is 66.6 Å². The highest BCUT2D eigenvalue weighted by Crippen LogP contribution is 2.52. The molecule has 4 atom stereocenters. The number of ether oxygens (including phenoxy) is 3. The van der Waals surface area contributed by atoms with Crippen LogP contribution in [0.25, 0.3) is 43.5 Å². The van der Waals surface area contributed by atoms with Gasteiger partial charge in [-0.3, -0.25) is 14.5 Å². The highest BCUT2D eigenvalue weighted by Gasteiger charge is 2.37. The van der Waals surface area contributed by atoms with Gasteiger partial charge in [0.1, 0.15) is 77.5 Å². The van der Waals surface area contributed by atoms with E-state index >= 15 is 0 Å². The quantitative estimate of drug-likeness (QED) is 0.00806. The Morgan fingerprint density at radius 2 is 0.866 bits per heavy atom. The van der Waals surface area contributed by atoms with Gasteiger partial charge in [-0.25, -0.2) is 61.6 Å². The van der Waals surface area contributed by atoms with Crippen LogP contribution < -0.4 is 21.6 Å². The first-order valence-electron chi connectivity index (χ1n) is 44.0. The molecule has 3 amide bonds. The summed E-state index contributed by atoms with van der Waals surface area (Å²) in [7, 11) is -5.19. The lowest BCUT2D eigenvalue weighted by atomic mass is 9.80. The molecule has 0 spiro atoms. The molecule has 0 aliphatic carbocycles. The summed E-state index contributed by atoms with van der Waals surface area (Å²) >= 11 is 64.3. The molecule has 26 nitrogen and oxygen atoms in total. The Morgan fingerprint density at radius 3 is 1.25 bits per heavy atom. The molecule has 142 heavy (non-hydrogen) atoms. The van der Waals surface area contributed by atoms with Crippen LogP contribution in [-0.4, -0.2) is 199 Å². The number of piperazine rings is 3. The van der Waals surface area contributed by atoms with E-state index in [4.69, 9.17) is 180 Å². The van der Waals surface area contributed by atoms with Crippen molar-refractivity contribution in [2.75, 3.05) is 83.1 Å². The molecule has 7 N–H and O–H groups in total. The topological polar surface area (TPSA) is 316 Å². The number of nitrogen functional groups attached to an aromatic ring is 1. The molecule has 762 valence electrons. The number of rotatable bonds is 11. The zero-order valence-electron chi connectivity index (χ0n) is 81.2. The Labute approximate surface area is 882 Å². The largest absolute Gasteiger partial charge is 0.491 e. The number of halogens is 15. The van der Waals surface area contributed by atoms with Gasteiger partial charge in [0, 0.05) is 124 Å². The number of amides is 3. The summed E-state index contributed by atoms with van der Waals surface area (Å²) in [6.07, 6.45) is -0.985. The number of nitrogens with two attached hydrogens (primary N) is 1. The third kappa shape index (κ3) is 38.8. The van der Waals surface area contributed by atoms with Crippen LogP contribution in [0.2, 0.25) is 45.9 Å². The summed E-state index contributed by atoms with van der Waals surface area (Å²) in [5, 5.41) is 33.2. The number of amidine groups is 2. The molecule has 6 aromatic carbocycles. The molecular weight excluding hydrogens is 2100 g/mol. The predicted molar refractivity (Wildman–Crippen MR) is 571 cm³/mol. The second kappa shape index (κ2) is 55.2. The Balaban J connectivity index is 0.000000272. The maximum atomic E-state index is 14.7. The molecule has 44 heteroatoms. The third-order valence-corrected chi connectivity index (χ3v) is 23.8. The van der Waals surface area contributed by atoms with Crippen LogP contribution in [0.3, 0.4) is 0 Å². The molecular formula is C98H112BCl11F4N16O10P2. The van der Waals surface area contributed by atoms with Crippen molar-refractivity contribution in [3.8, 4) is 33.8 Å². The summed E-state index contributed by atoms with van der Waals surface area (Å²) < 4.78 is 99.9. The molecule has 0 bridgehead atoms. The van der Waals surface area contributed by atoms with Gasteiger partial charge in [0.05, 0.1) is 61.4 Å². The van der Waals surface area contributed by atoms with Crippen molar-refractivity contribution in [1.29, 1.82) is 5.41 Å². The Kier molecular flexibility index (Phi) is 47.1. The molecule has 3 aliphatic heterocycles. The van der Waals surface area contributed by atoms with Crippen LogP contribution in [0.5, 0.6) is 0 Å². The minimum absolute atomic E-state index is 0.0163. The number of anilines is 2. The van der Waals surface area contributed by atoms with Crippen LogP contribution in [-0.2, 0) is 23.3 Å². The number of carbonyl (C=O) groups excluding carboxylic acids is 3. The summed E-state index contributed by atoms with van der Waals surface area (Å²) in [6, 6.07) is 45.4. The van der Waals surface area contributed by atoms with Gasteiger partial charge in [-0.05, 0) is 207 Å². The molecule has 3 aliphatic rings. The van der Waals surface area contributed by atoms with Gasteiger partial charge in [0.2, 0.25) is 17.2 Å². The highest BCUT2D eigenvalue weighted by molar-refractivity contribution is 8.08. The zero-order valence-corrected chi connectivity index (χ0v) is 91.3. The number of hydrogen-bond acceptors (Lipinski definition) is 17. The summed E-state index contributed by atoms with van der Waals surface area (Å²) in [5.74, 6) is -3.50. The average Bonchev–Trinajstić information content (AvgIpc) is 0.752. The Morgan fingerprint density at radius 1 is 0.507 bits per heavy atom. The zero-order chi connectivity index (χ0) is 107. The molecule has 10 aromatic rings. The summed E-state index contributed by atoms with van der Waals surface area (Å²) in [4.78, 5) is 68.2. The molecule has 3 saturated heterocycles. The number of carbonyl (C=O) groups is 3. The van der Waals surface area contributed by atoms with Gasteiger partial charge in [-0.1, -0.05) is 223 Å². The van der Waals surface area contributed by atoms with E-state index in [1.54, 1.807) is 82.0 Å². The monoisotopic (exact) mass is 2210 g/mol. The smallest absolute Gasteiger partial charge is 0.444 e. The van der Waals surface area contributed by atoms with Crippen molar-refractivity contribution < 1.29 is 65.3 Å². The minimum atomic E-state index is -3.47. The normalized spacial score (nSPS) is 15.1. The van der Waals surface area contributed by atoms with Crippen molar-refractivity contribution in [3.05, 3.63) is 284 Å². The first-order chi connectivity index (χ1) is 66.1. The summed E-state index contributed by atoms with van der Waals surface area (Å²) in [6.45, 7) is 51.8. The van der Waals surface area contributed by atoms with Crippen molar-refractivity contribution in [1.82, 2.24) is 49.8 Å². The maximum absolute atomic E-state index is 14.7. The van der Waals surface area contributed by atoms with Crippen LogP contribution in [0.4, 0.5) is 54.7 Å². The fourth-order valence-electron chi connectivity index (χ4n) is 13.5. The van der Waals surface area contributed by atoms with E-state index in [1.807, 2.05) is 128 Å². The predicted octanol–water partition coefficient (Wildman–Crippen LogP) is 28.1. The van der Waals surface area contributed by atoms with Crippen LogP contribution >= 0.6 is 140 Å². The van der Waals surface area contributed by atoms with E-state index in [1.165, 1.54) is 72.9 Å². The lowest BCUT2D eigenvalue weighted by molar-refractivity contribution is 0.0125. The molecule has 4 aromatic heterocycles. The van der Waals surface area contributed by atoms with Gasteiger partial charge in [-0.15, -0.1) is 0 Å². The average molecular weight is 2210 g/mol. The first kappa shape index (κ1) is 121. The highest BCUT2D eigenvalue weighted by atomic mass is 35.9. The maximum Gasteiger partial charge on any atom is 0.491 e. The van der Waals surface area contributed by atoms with E-state index in [-0.39, 0.29) is 132 Å². The number of pyridine rings is 4. The summed E-state index contributed by atoms with van der Waals surface area (Å²) in [5.41, 5.74) is 10.3. The molecule has 7 heterocycles. The molecule has 3 fully saturated rings. The van der Waals surface area contributed by atoms with Gasteiger partial charge in [0.15, 0.2) is 0 Å². The second-order valence-corrected chi connectivity index (χ2v) is 47.2. The lowest BCUT2D eigenvalue weighted by Crippen LogP contribution is -2.56. The fraction of sp³-hybridized carbons (Fsp3) is 0.357. The molecule has 0 radical (unpaired) electrons. The van der Waals surface area contributed by atoms with E-state index in [0.29, 0.717) is 68.2 Å². The van der Waals surface area contributed by atoms with E-state index in [2.05, 4.69) is 80.7 Å². The van der Waals surface area contributed by atoms with Gasteiger partial charge in [0.25, 0.3) is 7.44 Å². The molecule has 0 saturated carbocycles. The van der Waals surface area contributed by atoms with E-state index in [0.717, 1.165) is 36.6 Å². The Hall–Kier alpha value is -9.44. The molecule has 1 unspecified atom stereocenters. The van der Waals surface area contributed by atoms with Crippen LogP contribution in [0, 0.1) is 41.8 Å². The van der Waals surface area contributed by atoms with Gasteiger partial charge in [-0.2, -0.15) is 4.76 Å². The van der Waals surface area contributed by atoms with Crippen LogP contribution in [0.15, 0.2) is 175 Å². The second-order valence-electron chi connectivity index (χ2n) is 35.8. The fourth-order valence-corrected chi connectivity index (χ4v) is 16.7. The van der Waals surface area contributed by atoms with Crippen molar-refractivity contribution in [3.63, 3.8) is 0 Å². The number of nitrogens with one attached hydrogen (secondary N) is 3.